The van der Waals surface area contributed by atoms with Gasteiger partial charge in [-0.25, -0.2) is 0 Å². The standard InChI is InChI=1S/C14H23N3OS/c1-3-4-5-6-10-18-14-13(15-19-16-14)12-8-7-9-17(2)11-12/h8H,3-7,9-11H2,1-2H3/i3D2,4D2,5D2. The van der Waals surface area contributed by atoms with E-state index < -0.39 is 19.1 Å². The largest absolute Gasteiger partial charge is 0.475 e. The Morgan fingerprint density at radius 1 is 1.47 bits per heavy atom. The van der Waals surface area contributed by atoms with Crippen LogP contribution in [0.3, 0.4) is 0 Å². The molecule has 4 nitrogen and oxygen atoms in total. The maximum absolute atomic E-state index is 7.91. The van der Waals surface area contributed by atoms with Gasteiger partial charge in [0.15, 0.2) is 0 Å². The molecule has 0 aliphatic carbocycles. The molecule has 1 aromatic heterocycles. The van der Waals surface area contributed by atoms with Crippen LogP contribution in [-0.2, 0) is 0 Å². The number of aromatic nitrogens is 2. The molecule has 5 heteroatoms. The second-order valence-corrected chi connectivity index (χ2v) is 4.85. The third kappa shape index (κ3) is 4.28. The fraction of sp³-hybridized carbons (Fsp3) is 0.714. The first-order chi connectivity index (χ1) is 11.5. The van der Waals surface area contributed by atoms with Gasteiger partial charge in [0.2, 0.25) is 0 Å². The van der Waals surface area contributed by atoms with Crippen molar-refractivity contribution in [3.05, 3.63) is 11.8 Å². The van der Waals surface area contributed by atoms with Crippen molar-refractivity contribution >= 4 is 17.3 Å². The Kier molecular flexibility index (Phi) is 3.35. The molecular weight excluding hydrogens is 258 g/mol. The van der Waals surface area contributed by atoms with E-state index in [-0.39, 0.29) is 13.0 Å². The summed E-state index contributed by atoms with van der Waals surface area (Å²) in [6.07, 6.45) is -4.60. The van der Waals surface area contributed by atoms with Crippen LogP contribution in [0.2, 0.25) is 0 Å². The lowest BCUT2D eigenvalue weighted by atomic mass is 10.1. The molecule has 1 aliphatic rings. The van der Waals surface area contributed by atoms with Gasteiger partial charge in [-0.1, -0.05) is 32.1 Å². The minimum Gasteiger partial charge on any atom is -0.475 e. The third-order valence-electron chi connectivity index (χ3n) is 2.78. The number of hydrogen-bond donors (Lipinski definition) is 0. The van der Waals surface area contributed by atoms with Gasteiger partial charge in [0.05, 0.1) is 18.3 Å². The lowest BCUT2D eigenvalue weighted by Gasteiger charge is -2.22. The van der Waals surface area contributed by atoms with E-state index in [1.165, 1.54) is 0 Å². The van der Waals surface area contributed by atoms with Crippen molar-refractivity contribution in [3.63, 3.8) is 0 Å². The number of hydrogen-bond acceptors (Lipinski definition) is 5. The Labute approximate surface area is 128 Å². The quantitative estimate of drug-likeness (QED) is 0.772. The van der Waals surface area contributed by atoms with Crippen molar-refractivity contribution in [1.29, 1.82) is 0 Å². The molecule has 0 radical (unpaired) electrons. The Balaban J connectivity index is 2.02. The number of nitrogens with zero attached hydrogens (tertiary/aromatic N) is 3. The van der Waals surface area contributed by atoms with Crippen LogP contribution in [0.1, 0.15) is 52.8 Å². The molecule has 0 unspecified atom stereocenters. The SMILES string of the molecule is [2H]C([2H])(C)C([2H])([2H])C([2H])([2H])CCOc1nsnc1C1=CCCN(C)C1. The Bertz CT molecular complexity index is 628. The highest BCUT2D eigenvalue weighted by Crippen LogP contribution is 2.27. The zero-order valence-corrected chi connectivity index (χ0v) is 12.1. The molecule has 0 fully saturated rings. The Hall–Kier alpha value is -0.940. The molecule has 0 aromatic carbocycles. The lowest BCUT2D eigenvalue weighted by Crippen LogP contribution is -2.25. The van der Waals surface area contributed by atoms with Gasteiger partial charge in [0.25, 0.3) is 5.88 Å². The average Bonchev–Trinajstić information content (AvgIpc) is 2.94. The minimum absolute atomic E-state index is 0.107. The maximum Gasteiger partial charge on any atom is 0.253 e. The van der Waals surface area contributed by atoms with Crippen LogP contribution in [0.15, 0.2) is 6.08 Å². The van der Waals surface area contributed by atoms with Gasteiger partial charge in [-0.05, 0) is 25.5 Å². The predicted molar refractivity (Wildman–Crippen MR) is 79.6 cm³/mol. The van der Waals surface area contributed by atoms with E-state index in [1.807, 2.05) is 7.05 Å². The van der Waals surface area contributed by atoms with Gasteiger partial charge in [-0.15, -0.1) is 4.37 Å². The number of ether oxygens (including phenoxy) is 1. The number of rotatable bonds is 7. The van der Waals surface area contributed by atoms with E-state index in [0.717, 1.165) is 43.7 Å². The minimum atomic E-state index is -2.64. The summed E-state index contributed by atoms with van der Waals surface area (Å²) in [5.41, 5.74) is 1.66. The normalized spacial score (nSPS) is 23.4. The average molecular weight is 287 g/mol. The molecule has 0 spiro atoms. The summed E-state index contributed by atoms with van der Waals surface area (Å²) in [6.45, 7) is 2.65. The predicted octanol–water partition coefficient (Wildman–Crippen LogP) is 3.22. The molecular formula is C14H23N3OS. The lowest BCUT2D eigenvalue weighted by molar-refractivity contribution is 0.294. The summed E-state index contributed by atoms with van der Waals surface area (Å²) in [5.74, 6) is 0.322. The van der Waals surface area contributed by atoms with Gasteiger partial charge in [0.1, 0.15) is 5.69 Å². The third-order valence-corrected chi connectivity index (χ3v) is 3.30. The second-order valence-electron chi connectivity index (χ2n) is 4.32. The van der Waals surface area contributed by atoms with Crippen LogP contribution in [0.4, 0.5) is 0 Å². The highest BCUT2D eigenvalue weighted by molar-refractivity contribution is 6.99. The summed E-state index contributed by atoms with van der Waals surface area (Å²) in [4.78, 5) is 2.16. The molecule has 0 saturated heterocycles. The first-order valence-electron chi connectivity index (χ1n) is 9.29. The van der Waals surface area contributed by atoms with Crippen molar-refractivity contribution in [2.75, 3.05) is 26.7 Å². The summed E-state index contributed by atoms with van der Waals surface area (Å²) in [6, 6.07) is 0. The van der Waals surface area contributed by atoms with Gasteiger partial charge < -0.3 is 9.64 Å². The molecule has 19 heavy (non-hydrogen) atoms. The van der Waals surface area contributed by atoms with E-state index >= 15 is 0 Å². The Morgan fingerprint density at radius 2 is 2.37 bits per heavy atom. The van der Waals surface area contributed by atoms with Gasteiger partial charge in [-0.2, -0.15) is 4.37 Å². The van der Waals surface area contributed by atoms with Crippen LogP contribution >= 0.6 is 11.7 Å². The zero-order chi connectivity index (χ0) is 18.9. The van der Waals surface area contributed by atoms with Crippen LogP contribution in [0.5, 0.6) is 5.88 Å². The monoisotopic (exact) mass is 287 g/mol. The summed E-state index contributed by atoms with van der Waals surface area (Å²) < 4.78 is 60.4. The van der Waals surface area contributed by atoms with Crippen LogP contribution in [0.25, 0.3) is 5.57 Å². The summed E-state index contributed by atoms with van der Waals surface area (Å²) >= 11 is 1.02. The zero-order valence-electron chi connectivity index (χ0n) is 17.3. The van der Waals surface area contributed by atoms with E-state index in [1.54, 1.807) is 0 Å². The van der Waals surface area contributed by atoms with Crippen molar-refractivity contribution < 1.29 is 13.0 Å². The first kappa shape index (κ1) is 8.37. The second kappa shape index (κ2) is 7.60. The van der Waals surface area contributed by atoms with Gasteiger partial charge in [0, 0.05) is 21.3 Å². The molecule has 2 rings (SSSR count). The van der Waals surface area contributed by atoms with E-state index in [0.29, 0.717) is 11.6 Å². The maximum atomic E-state index is 7.91. The molecule has 0 saturated carbocycles. The van der Waals surface area contributed by atoms with Crippen molar-refractivity contribution in [1.82, 2.24) is 13.6 Å². The molecule has 0 bridgehead atoms. The van der Waals surface area contributed by atoms with Crippen molar-refractivity contribution in [2.45, 2.75) is 38.9 Å². The molecule has 0 N–H and O–H groups in total. The fourth-order valence-electron chi connectivity index (χ4n) is 1.89. The van der Waals surface area contributed by atoms with Crippen molar-refractivity contribution in [3.8, 4) is 5.88 Å². The molecule has 0 amide bonds. The van der Waals surface area contributed by atoms with Gasteiger partial charge in [-0.3, -0.25) is 0 Å². The molecule has 1 aliphatic heterocycles. The topological polar surface area (TPSA) is 38.3 Å². The number of likely N-dealkylation sites (N-methyl/N-ethyl adjacent to an activating group) is 1. The summed E-state index contributed by atoms with van der Waals surface area (Å²) in [5, 5.41) is 0. The molecule has 2 heterocycles. The van der Waals surface area contributed by atoms with Crippen LogP contribution < -0.4 is 4.74 Å². The van der Waals surface area contributed by atoms with Crippen molar-refractivity contribution in [2.24, 2.45) is 0 Å². The Morgan fingerprint density at radius 3 is 3.16 bits per heavy atom. The van der Waals surface area contributed by atoms with Gasteiger partial charge >= 0.3 is 0 Å². The van der Waals surface area contributed by atoms with Crippen LogP contribution in [0, 0.1) is 0 Å². The molecule has 0 atom stereocenters. The van der Waals surface area contributed by atoms with E-state index in [2.05, 4.69) is 19.7 Å². The van der Waals surface area contributed by atoms with Crippen LogP contribution in [-0.4, -0.2) is 40.4 Å². The fourth-order valence-corrected chi connectivity index (χ4v) is 2.42. The molecule has 1 aromatic rings. The highest BCUT2D eigenvalue weighted by Gasteiger charge is 2.18. The smallest absolute Gasteiger partial charge is 0.253 e. The van der Waals surface area contributed by atoms with E-state index in [4.69, 9.17) is 13.0 Å². The highest BCUT2D eigenvalue weighted by atomic mass is 32.1. The first-order valence-corrected chi connectivity index (χ1v) is 7.02. The van der Waals surface area contributed by atoms with E-state index in [9.17, 15) is 0 Å². The summed E-state index contributed by atoms with van der Waals surface area (Å²) in [7, 11) is 2.02. The molecule has 106 valence electrons.